The Morgan fingerprint density at radius 3 is 2.79 bits per heavy atom. The Kier molecular flexibility index (Phi) is 5.36. The molecule has 0 aliphatic carbocycles. The van der Waals surface area contributed by atoms with E-state index in [0.717, 1.165) is 26.9 Å². The van der Waals surface area contributed by atoms with Gasteiger partial charge in [0.1, 0.15) is 12.4 Å². The van der Waals surface area contributed by atoms with E-state index in [2.05, 4.69) is 25.9 Å². The highest BCUT2D eigenvalue weighted by molar-refractivity contribution is 9.10. The summed E-state index contributed by atoms with van der Waals surface area (Å²) >= 11 is 3.49. The van der Waals surface area contributed by atoms with Crippen LogP contribution >= 0.6 is 15.9 Å². The van der Waals surface area contributed by atoms with E-state index in [0.29, 0.717) is 12.4 Å². The van der Waals surface area contributed by atoms with Crippen molar-refractivity contribution < 1.29 is 19.0 Å². The quantitative estimate of drug-likeness (QED) is 0.555. The van der Waals surface area contributed by atoms with Gasteiger partial charge >= 0.3 is 5.97 Å². The Morgan fingerprint density at radius 2 is 2.04 bits per heavy atom. The number of aromatic nitrogens is 2. The predicted molar refractivity (Wildman–Crippen MR) is 105 cm³/mol. The van der Waals surface area contributed by atoms with Crippen molar-refractivity contribution in [2.24, 2.45) is 0 Å². The fourth-order valence-corrected chi connectivity index (χ4v) is 3.43. The highest BCUT2D eigenvalue weighted by Gasteiger charge is 2.25. The normalized spacial score (nSPS) is 15.4. The lowest BCUT2D eigenvalue weighted by molar-refractivity contribution is -0.112. The molecule has 0 fully saturated rings. The van der Waals surface area contributed by atoms with Crippen molar-refractivity contribution >= 4 is 21.9 Å². The standard InChI is InChI=1S/C21H17BrN2O4/c1-13-9-24-18(10-23-13)20(25)26-11-15-7-17(22)8-16-12-27-21(28-19(15)16)14-5-3-2-4-6-14/h2-10,21H,11-12H2,1H3/t21-/m0/s1. The molecule has 1 atom stereocenters. The van der Waals surface area contributed by atoms with Gasteiger partial charge in [-0.25, -0.2) is 9.78 Å². The Hall–Kier alpha value is -2.77. The van der Waals surface area contributed by atoms with Crippen molar-refractivity contribution in [2.75, 3.05) is 0 Å². The fraction of sp³-hybridized carbons (Fsp3) is 0.190. The van der Waals surface area contributed by atoms with Crippen molar-refractivity contribution in [3.63, 3.8) is 0 Å². The summed E-state index contributed by atoms with van der Waals surface area (Å²) in [4.78, 5) is 20.4. The predicted octanol–water partition coefficient (Wildman–Crippen LogP) is 4.51. The van der Waals surface area contributed by atoms with Gasteiger partial charge in [0, 0.05) is 27.4 Å². The number of hydrogen-bond donors (Lipinski definition) is 0. The summed E-state index contributed by atoms with van der Waals surface area (Å²) in [6.45, 7) is 2.26. The van der Waals surface area contributed by atoms with Crippen LogP contribution in [-0.4, -0.2) is 15.9 Å². The maximum atomic E-state index is 12.3. The highest BCUT2D eigenvalue weighted by atomic mass is 79.9. The molecule has 4 rings (SSSR count). The van der Waals surface area contributed by atoms with E-state index in [9.17, 15) is 4.79 Å². The van der Waals surface area contributed by atoms with Crippen LogP contribution in [0, 0.1) is 6.92 Å². The summed E-state index contributed by atoms with van der Waals surface area (Å²) in [6, 6.07) is 13.5. The topological polar surface area (TPSA) is 70.5 Å². The van der Waals surface area contributed by atoms with Crippen LogP contribution in [0.25, 0.3) is 0 Å². The summed E-state index contributed by atoms with van der Waals surface area (Å²) in [7, 11) is 0. The van der Waals surface area contributed by atoms with Crippen LogP contribution < -0.4 is 4.74 Å². The van der Waals surface area contributed by atoms with Crippen molar-refractivity contribution in [2.45, 2.75) is 26.4 Å². The molecule has 3 aromatic rings. The first-order valence-electron chi connectivity index (χ1n) is 8.70. The molecular weight excluding hydrogens is 424 g/mol. The summed E-state index contributed by atoms with van der Waals surface area (Å²) in [5.74, 6) is 0.138. The van der Waals surface area contributed by atoms with E-state index in [1.807, 2.05) is 42.5 Å². The molecule has 0 saturated heterocycles. The Morgan fingerprint density at radius 1 is 1.21 bits per heavy atom. The second-order valence-corrected chi connectivity index (χ2v) is 7.26. The number of esters is 1. The number of rotatable bonds is 4. The third-order valence-electron chi connectivity index (χ3n) is 4.24. The summed E-state index contributed by atoms with van der Waals surface area (Å²) in [5.41, 5.74) is 3.47. The monoisotopic (exact) mass is 440 g/mol. The zero-order valence-electron chi connectivity index (χ0n) is 15.1. The first-order valence-corrected chi connectivity index (χ1v) is 9.50. The maximum absolute atomic E-state index is 12.3. The van der Waals surface area contributed by atoms with Gasteiger partial charge in [-0.15, -0.1) is 0 Å². The van der Waals surface area contributed by atoms with E-state index in [-0.39, 0.29) is 12.3 Å². The zero-order chi connectivity index (χ0) is 19.5. The Balaban J connectivity index is 1.54. The second-order valence-electron chi connectivity index (χ2n) is 6.34. The number of ether oxygens (including phenoxy) is 3. The van der Waals surface area contributed by atoms with Crippen LogP contribution in [0.1, 0.15) is 39.2 Å². The van der Waals surface area contributed by atoms with Crippen LogP contribution in [0.15, 0.2) is 59.3 Å². The zero-order valence-corrected chi connectivity index (χ0v) is 16.7. The average Bonchev–Trinajstić information content (AvgIpc) is 2.72. The number of nitrogens with zero attached hydrogens (tertiary/aromatic N) is 2. The summed E-state index contributed by atoms with van der Waals surface area (Å²) in [5, 5.41) is 0. The molecular formula is C21H17BrN2O4. The molecule has 28 heavy (non-hydrogen) atoms. The lowest BCUT2D eigenvalue weighted by Crippen LogP contribution is -2.19. The van der Waals surface area contributed by atoms with Crippen molar-refractivity contribution in [3.05, 3.63) is 87.4 Å². The Bertz CT molecular complexity index is 993. The minimum atomic E-state index is -0.534. The van der Waals surface area contributed by atoms with Gasteiger partial charge in [-0.2, -0.15) is 0 Å². The van der Waals surface area contributed by atoms with Crippen LogP contribution in [0.3, 0.4) is 0 Å². The molecule has 2 heterocycles. The molecule has 142 valence electrons. The minimum absolute atomic E-state index is 0.0532. The van der Waals surface area contributed by atoms with Gasteiger partial charge in [0.05, 0.1) is 18.5 Å². The average molecular weight is 441 g/mol. The van der Waals surface area contributed by atoms with Gasteiger partial charge in [0.25, 0.3) is 0 Å². The molecule has 0 N–H and O–H groups in total. The molecule has 0 spiro atoms. The Labute approximate surface area is 170 Å². The molecule has 0 amide bonds. The SMILES string of the molecule is Cc1cnc(C(=O)OCc2cc(Br)cc3c2O[C@@H](c2ccccc2)OC3)cn1. The van der Waals surface area contributed by atoms with Crippen LogP contribution in [-0.2, 0) is 22.7 Å². The molecule has 7 heteroatoms. The third-order valence-corrected chi connectivity index (χ3v) is 4.70. The molecule has 0 unspecified atom stereocenters. The fourth-order valence-electron chi connectivity index (χ4n) is 2.87. The first-order chi connectivity index (χ1) is 13.6. The lowest BCUT2D eigenvalue weighted by Gasteiger charge is -2.28. The van der Waals surface area contributed by atoms with E-state index in [1.165, 1.54) is 12.4 Å². The number of halogens is 1. The largest absolute Gasteiger partial charge is 0.460 e. The number of hydrogen-bond acceptors (Lipinski definition) is 6. The van der Waals surface area contributed by atoms with Gasteiger partial charge in [0.2, 0.25) is 6.29 Å². The number of carbonyl (C=O) groups is 1. The van der Waals surface area contributed by atoms with E-state index >= 15 is 0 Å². The number of benzene rings is 2. The highest BCUT2D eigenvalue weighted by Crippen LogP contribution is 2.38. The first kappa shape index (κ1) is 18.6. The van der Waals surface area contributed by atoms with E-state index in [4.69, 9.17) is 14.2 Å². The van der Waals surface area contributed by atoms with Gasteiger partial charge in [-0.05, 0) is 19.1 Å². The van der Waals surface area contributed by atoms with Gasteiger partial charge in [-0.1, -0.05) is 46.3 Å². The van der Waals surface area contributed by atoms with Crippen molar-refractivity contribution in [1.82, 2.24) is 9.97 Å². The van der Waals surface area contributed by atoms with Crippen molar-refractivity contribution in [1.29, 1.82) is 0 Å². The molecule has 1 aliphatic heterocycles. The number of aryl methyl sites for hydroxylation is 1. The lowest BCUT2D eigenvalue weighted by atomic mass is 10.1. The van der Waals surface area contributed by atoms with Gasteiger partial charge < -0.3 is 14.2 Å². The smallest absolute Gasteiger partial charge is 0.358 e. The van der Waals surface area contributed by atoms with E-state index in [1.54, 1.807) is 6.92 Å². The molecule has 0 bridgehead atoms. The molecule has 0 radical (unpaired) electrons. The van der Waals surface area contributed by atoms with Gasteiger partial charge in [-0.3, -0.25) is 4.98 Å². The number of carbonyl (C=O) groups excluding carboxylic acids is 1. The van der Waals surface area contributed by atoms with Crippen molar-refractivity contribution in [3.8, 4) is 5.75 Å². The van der Waals surface area contributed by atoms with Gasteiger partial charge in [0.15, 0.2) is 5.69 Å². The number of fused-ring (bicyclic) bond motifs is 1. The molecule has 1 aliphatic rings. The molecule has 1 aromatic heterocycles. The molecule has 6 nitrogen and oxygen atoms in total. The third kappa shape index (κ3) is 4.05. The van der Waals surface area contributed by atoms with Crippen LogP contribution in [0.2, 0.25) is 0 Å². The van der Waals surface area contributed by atoms with Crippen LogP contribution in [0.5, 0.6) is 5.75 Å². The molecule has 0 saturated carbocycles. The second kappa shape index (κ2) is 8.08. The van der Waals surface area contributed by atoms with E-state index < -0.39 is 12.3 Å². The maximum Gasteiger partial charge on any atom is 0.358 e. The van der Waals surface area contributed by atoms with Crippen LogP contribution in [0.4, 0.5) is 0 Å². The summed E-state index contributed by atoms with van der Waals surface area (Å²) < 4.78 is 18.2. The minimum Gasteiger partial charge on any atom is -0.460 e. The summed E-state index contributed by atoms with van der Waals surface area (Å²) in [6.07, 6.45) is 2.43. The molecule has 2 aromatic carbocycles.